The molecule has 2 aliphatic heterocycles. The summed E-state index contributed by atoms with van der Waals surface area (Å²) in [4.78, 5) is 0. The van der Waals surface area contributed by atoms with Gasteiger partial charge in [-0.2, -0.15) is 5.26 Å². The van der Waals surface area contributed by atoms with Gasteiger partial charge in [-0.3, -0.25) is 0 Å². The van der Waals surface area contributed by atoms with Gasteiger partial charge in [-0.05, 0) is 51.4 Å². The van der Waals surface area contributed by atoms with Gasteiger partial charge in [-0.15, -0.1) is 0 Å². The van der Waals surface area contributed by atoms with Crippen molar-refractivity contribution >= 4 is 44.9 Å². The van der Waals surface area contributed by atoms with E-state index in [-0.39, 0.29) is 6.71 Å². The van der Waals surface area contributed by atoms with E-state index in [2.05, 4.69) is 150 Å². The number of fused-ring (bicyclic) bond motifs is 8. The molecule has 0 unspecified atom stereocenters. The third kappa shape index (κ3) is 2.67. The molecule has 0 saturated heterocycles. The van der Waals surface area contributed by atoms with Crippen molar-refractivity contribution in [2.75, 3.05) is 0 Å². The first-order valence-electron chi connectivity index (χ1n) is 14.1. The minimum Gasteiger partial charge on any atom is -0.310 e. The highest BCUT2D eigenvalue weighted by atomic mass is 15.0. The molecular formula is C38H23BN2. The van der Waals surface area contributed by atoms with E-state index in [0.29, 0.717) is 0 Å². The van der Waals surface area contributed by atoms with E-state index in [4.69, 9.17) is 0 Å². The zero-order valence-corrected chi connectivity index (χ0v) is 22.3. The second-order valence-electron chi connectivity index (χ2n) is 11.1. The standard InChI is InChI=1S/C38H23BN2/c40-24-25-23-29-28-17-7-11-21-33(28)41-34-22-12-10-20-32(34)39-31-19-9-8-18-30(31)38(26-13-3-1-4-14-26,27-15-5-2-6-16-27)35(25)36(39)37(29)41/h1-23H. The number of benzene rings is 6. The first-order valence-corrected chi connectivity index (χ1v) is 14.1. The van der Waals surface area contributed by atoms with Gasteiger partial charge in [-0.1, -0.05) is 127 Å². The Kier molecular flexibility index (Phi) is 4.44. The molecule has 0 amide bonds. The van der Waals surface area contributed by atoms with E-state index in [0.717, 1.165) is 16.5 Å². The Hall–Kier alpha value is -5.33. The summed E-state index contributed by atoms with van der Waals surface area (Å²) < 4.78 is 2.45. The highest BCUT2D eigenvalue weighted by molar-refractivity contribution is 6.99. The lowest BCUT2D eigenvalue weighted by atomic mass is 9.29. The Labute approximate surface area is 238 Å². The number of nitriles is 1. The quantitative estimate of drug-likeness (QED) is 0.251. The lowest BCUT2D eigenvalue weighted by Gasteiger charge is -2.46. The van der Waals surface area contributed by atoms with Crippen LogP contribution in [0.2, 0.25) is 0 Å². The Bertz CT molecular complexity index is 2180. The molecule has 3 heterocycles. The van der Waals surface area contributed by atoms with Gasteiger partial charge < -0.3 is 4.57 Å². The summed E-state index contributed by atoms with van der Waals surface area (Å²) in [5.41, 5.74) is 12.2. The van der Waals surface area contributed by atoms with Gasteiger partial charge in [0.1, 0.15) is 0 Å². The van der Waals surface area contributed by atoms with Crippen molar-refractivity contribution in [3.63, 3.8) is 0 Å². The summed E-state index contributed by atoms with van der Waals surface area (Å²) in [7, 11) is 0. The molecular weight excluding hydrogens is 495 g/mol. The van der Waals surface area contributed by atoms with Crippen molar-refractivity contribution in [3.8, 4) is 11.8 Å². The molecule has 6 aromatic carbocycles. The van der Waals surface area contributed by atoms with E-state index in [9.17, 15) is 5.26 Å². The number of rotatable bonds is 2. The fraction of sp³-hybridized carbons (Fsp3) is 0.0263. The van der Waals surface area contributed by atoms with Crippen LogP contribution in [0.25, 0.3) is 27.5 Å². The zero-order chi connectivity index (χ0) is 27.1. The zero-order valence-electron chi connectivity index (χ0n) is 22.3. The summed E-state index contributed by atoms with van der Waals surface area (Å²) in [6, 6.07) is 52.8. The minimum absolute atomic E-state index is 0.0190. The smallest absolute Gasteiger partial charge is 0.247 e. The normalized spacial score (nSPS) is 14.0. The first-order chi connectivity index (χ1) is 20.3. The number of para-hydroxylation sites is 2. The van der Waals surface area contributed by atoms with Gasteiger partial charge in [0.25, 0.3) is 0 Å². The molecule has 3 heteroatoms. The lowest BCUT2D eigenvalue weighted by molar-refractivity contribution is 0.749. The maximum Gasteiger partial charge on any atom is 0.247 e. The van der Waals surface area contributed by atoms with Gasteiger partial charge in [0.15, 0.2) is 0 Å². The van der Waals surface area contributed by atoms with E-state index >= 15 is 0 Å². The minimum atomic E-state index is -0.655. The number of aromatic nitrogens is 1. The molecule has 0 aliphatic carbocycles. The van der Waals surface area contributed by atoms with Crippen LogP contribution in [-0.2, 0) is 5.41 Å². The van der Waals surface area contributed by atoms with Crippen LogP contribution in [0.3, 0.4) is 0 Å². The van der Waals surface area contributed by atoms with Gasteiger partial charge in [0, 0.05) is 22.0 Å². The van der Waals surface area contributed by atoms with Crippen LogP contribution >= 0.6 is 0 Å². The summed E-state index contributed by atoms with van der Waals surface area (Å²) in [6.07, 6.45) is 0. The van der Waals surface area contributed by atoms with Gasteiger partial charge >= 0.3 is 0 Å². The van der Waals surface area contributed by atoms with Crippen LogP contribution in [0.15, 0.2) is 140 Å². The van der Waals surface area contributed by atoms with Crippen molar-refractivity contribution in [2.45, 2.75) is 5.41 Å². The second-order valence-corrected chi connectivity index (χ2v) is 11.1. The first kappa shape index (κ1) is 22.5. The van der Waals surface area contributed by atoms with Crippen molar-refractivity contribution in [1.82, 2.24) is 4.57 Å². The molecule has 0 saturated carbocycles. The number of hydrogen-bond donors (Lipinski definition) is 0. The summed E-state index contributed by atoms with van der Waals surface area (Å²) in [6.45, 7) is 0.0190. The SMILES string of the molecule is N#Cc1cc2c3ccccc3n3c2c2c1C(c1ccccc1)(c1ccccc1)c1ccccc1B2c1ccccc1-3. The fourth-order valence-electron chi connectivity index (χ4n) is 7.96. The maximum atomic E-state index is 10.9. The molecule has 188 valence electrons. The average Bonchev–Trinajstić information content (AvgIpc) is 3.39. The summed E-state index contributed by atoms with van der Waals surface area (Å²) in [5, 5.41) is 13.3. The molecule has 0 spiro atoms. The lowest BCUT2D eigenvalue weighted by Crippen LogP contribution is -2.64. The third-order valence-corrected chi connectivity index (χ3v) is 9.36. The van der Waals surface area contributed by atoms with Crippen LogP contribution in [0.4, 0.5) is 0 Å². The van der Waals surface area contributed by atoms with Gasteiger partial charge in [0.2, 0.25) is 6.71 Å². The Morgan fingerprint density at radius 2 is 1.22 bits per heavy atom. The van der Waals surface area contributed by atoms with Crippen LogP contribution in [-0.4, -0.2) is 11.3 Å². The molecule has 1 aromatic heterocycles. The maximum absolute atomic E-state index is 10.9. The molecule has 0 fully saturated rings. The molecule has 2 aliphatic rings. The molecule has 9 rings (SSSR count). The largest absolute Gasteiger partial charge is 0.310 e. The van der Waals surface area contributed by atoms with Gasteiger partial charge in [0.05, 0.1) is 22.6 Å². The number of hydrogen-bond acceptors (Lipinski definition) is 1. The Morgan fingerprint density at radius 3 is 1.95 bits per heavy atom. The van der Waals surface area contributed by atoms with Gasteiger partial charge in [-0.25, -0.2) is 0 Å². The monoisotopic (exact) mass is 518 g/mol. The fourth-order valence-corrected chi connectivity index (χ4v) is 7.96. The van der Waals surface area contributed by atoms with Crippen LogP contribution < -0.4 is 16.4 Å². The number of nitrogens with zero attached hydrogens (tertiary/aromatic N) is 2. The van der Waals surface area contributed by atoms with E-state index < -0.39 is 5.41 Å². The predicted molar refractivity (Wildman–Crippen MR) is 168 cm³/mol. The average molecular weight is 518 g/mol. The molecule has 0 N–H and O–H groups in total. The second kappa shape index (κ2) is 8.10. The van der Waals surface area contributed by atoms with Crippen molar-refractivity contribution in [1.29, 1.82) is 5.26 Å². The highest BCUT2D eigenvalue weighted by Crippen LogP contribution is 2.49. The van der Waals surface area contributed by atoms with Crippen LogP contribution in [0.1, 0.15) is 27.8 Å². The molecule has 0 bridgehead atoms. The van der Waals surface area contributed by atoms with Crippen LogP contribution in [0, 0.1) is 11.3 Å². The Balaban J connectivity index is 1.61. The highest BCUT2D eigenvalue weighted by Gasteiger charge is 2.52. The molecule has 0 atom stereocenters. The summed E-state index contributed by atoms with van der Waals surface area (Å²) in [5.74, 6) is 0. The Morgan fingerprint density at radius 1 is 0.610 bits per heavy atom. The van der Waals surface area contributed by atoms with E-state index in [1.54, 1.807) is 0 Å². The molecule has 0 radical (unpaired) electrons. The molecule has 2 nitrogen and oxygen atoms in total. The predicted octanol–water partition coefficient (Wildman–Crippen LogP) is 6.18. The molecule has 41 heavy (non-hydrogen) atoms. The van der Waals surface area contributed by atoms with E-state index in [1.807, 2.05) is 0 Å². The van der Waals surface area contributed by atoms with Crippen molar-refractivity contribution in [2.24, 2.45) is 0 Å². The molecule has 7 aromatic rings. The van der Waals surface area contributed by atoms with E-state index in [1.165, 1.54) is 55.2 Å². The van der Waals surface area contributed by atoms with Crippen LogP contribution in [0.5, 0.6) is 0 Å². The van der Waals surface area contributed by atoms with Crippen molar-refractivity contribution in [3.05, 3.63) is 167 Å². The summed E-state index contributed by atoms with van der Waals surface area (Å²) >= 11 is 0. The van der Waals surface area contributed by atoms with Crippen molar-refractivity contribution < 1.29 is 0 Å². The topological polar surface area (TPSA) is 28.7 Å². The third-order valence-electron chi connectivity index (χ3n) is 9.36.